The zero-order chi connectivity index (χ0) is 12.3. The molecule has 0 saturated carbocycles. The number of halogens is 2. The molecule has 0 spiro atoms. The van der Waals surface area contributed by atoms with Crippen LogP contribution in [0.15, 0.2) is 18.2 Å². The highest BCUT2D eigenvalue weighted by atomic mass is 35.5. The number of carbonyl (C=O) groups excluding carboxylic acids is 1. The van der Waals surface area contributed by atoms with Crippen molar-refractivity contribution < 1.29 is 19.7 Å². The molecular formula is C10H10Cl2O4. The Morgan fingerprint density at radius 2 is 1.94 bits per heavy atom. The van der Waals surface area contributed by atoms with Gasteiger partial charge in [-0.15, -0.1) is 0 Å². The van der Waals surface area contributed by atoms with Gasteiger partial charge in [0.05, 0.1) is 17.2 Å². The summed E-state index contributed by atoms with van der Waals surface area (Å²) in [5.41, 5.74) is 0.285. The summed E-state index contributed by atoms with van der Waals surface area (Å²) in [7, 11) is 1.12. The molecule has 4 nitrogen and oxygen atoms in total. The van der Waals surface area contributed by atoms with Crippen LogP contribution in [0.4, 0.5) is 0 Å². The Bertz CT molecular complexity index is 394. The van der Waals surface area contributed by atoms with Crippen molar-refractivity contribution in [2.75, 3.05) is 7.11 Å². The van der Waals surface area contributed by atoms with Crippen molar-refractivity contribution in [2.24, 2.45) is 0 Å². The molecule has 0 aromatic heterocycles. The minimum atomic E-state index is -1.65. The van der Waals surface area contributed by atoms with Gasteiger partial charge in [-0.2, -0.15) is 0 Å². The standard InChI is InChI=1S/C10H10Cl2O4/c1-16-10(15)9(14)8(13)5-2-3-6(11)7(12)4-5/h2-4,8-9,13-14H,1H3. The van der Waals surface area contributed by atoms with Gasteiger partial charge in [0.25, 0.3) is 0 Å². The highest BCUT2D eigenvalue weighted by molar-refractivity contribution is 6.42. The van der Waals surface area contributed by atoms with E-state index in [9.17, 15) is 15.0 Å². The maximum Gasteiger partial charge on any atom is 0.337 e. The number of carbonyl (C=O) groups is 1. The van der Waals surface area contributed by atoms with Gasteiger partial charge < -0.3 is 14.9 Å². The summed E-state index contributed by atoms with van der Waals surface area (Å²) in [5.74, 6) is -0.918. The summed E-state index contributed by atoms with van der Waals surface area (Å²) in [6, 6.07) is 4.30. The van der Waals surface area contributed by atoms with Gasteiger partial charge in [-0.1, -0.05) is 29.3 Å². The molecule has 0 radical (unpaired) electrons. The van der Waals surface area contributed by atoms with Crippen LogP contribution in [0.5, 0.6) is 0 Å². The third-order valence-electron chi connectivity index (χ3n) is 2.03. The van der Waals surface area contributed by atoms with Crippen LogP contribution in [-0.2, 0) is 9.53 Å². The van der Waals surface area contributed by atoms with Gasteiger partial charge in [-0.05, 0) is 17.7 Å². The van der Waals surface area contributed by atoms with Crippen LogP contribution in [0, 0.1) is 0 Å². The molecule has 0 aliphatic heterocycles. The molecule has 0 fully saturated rings. The highest BCUT2D eigenvalue weighted by Gasteiger charge is 2.26. The lowest BCUT2D eigenvalue weighted by Crippen LogP contribution is -2.29. The van der Waals surface area contributed by atoms with Crippen LogP contribution in [0.2, 0.25) is 10.0 Å². The average Bonchev–Trinajstić information content (AvgIpc) is 2.29. The maximum atomic E-state index is 11.0. The molecule has 16 heavy (non-hydrogen) atoms. The van der Waals surface area contributed by atoms with Crippen LogP contribution in [0.3, 0.4) is 0 Å². The van der Waals surface area contributed by atoms with Gasteiger partial charge >= 0.3 is 5.97 Å². The van der Waals surface area contributed by atoms with Crippen molar-refractivity contribution in [2.45, 2.75) is 12.2 Å². The van der Waals surface area contributed by atoms with Gasteiger partial charge in [0.15, 0.2) is 6.10 Å². The van der Waals surface area contributed by atoms with Gasteiger partial charge in [-0.25, -0.2) is 4.79 Å². The normalized spacial score (nSPS) is 14.3. The van der Waals surface area contributed by atoms with Gasteiger partial charge in [0.1, 0.15) is 6.10 Å². The average molecular weight is 265 g/mol. The fourth-order valence-corrected chi connectivity index (χ4v) is 1.43. The summed E-state index contributed by atoms with van der Waals surface area (Å²) in [6.45, 7) is 0. The lowest BCUT2D eigenvalue weighted by atomic mass is 10.0. The predicted molar refractivity (Wildman–Crippen MR) is 59.4 cm³/mol. The number of esters is 1. The van der Waals surface area contributed by atoms with E-state index in [1.54, 1.807) is 0 Å². The SMILES string of the molecule is COC(=O)C(O)C(O)c1ccc(Cl)c(Cl)c1. The fraction of sp³-hybridized carbons (Fsp3) is 0.300. The van der Waals surface area contributed by atoms with E-state index in [0.717, 1.165) is 7.11 Å². The lowest BCUT2D eigenvalue weighted by molar-refractivity contribution is -0.156. The Hall–Kier alpha value is -0.810. The second kappa shape index (κ2) is 5.50. The van der Waals surface area contributed by atoms with E-state index in [0.29, 0.717) is 5.02 Å². The van der Waals surface area contributed by atoms with Crippen LogP contribution in [0.25, 0.3) is 0 Å². The Kier molecular flexibility index (Phi) is 4.56. The molecular weight excluding hydrogens is 255 g/mol. The lowest BCUT2D eigenvalue weighted by Gasteiger charge is -2.16. The van der Waals surface area contributed by atoms with Crippen molar-refractivity contribution in [3.8, 4) is 0 Å². The third-order valence-corrected chi connectivity index (χ3v) is 2.77. The topological polar surface area (TPSA) is 66.8 Å². The summed E-state index contributed by atoms with van der Waals surface area (Å²) in [6.07, 6.45) is -3.05. The summed E-state index contributed by atoms with van der Waals surface area (Å²) >= 11 is 11.4. The molecule has 0 aliphatic rings. The van der Waals surface area contributed by atoms with Crippen LogP contribution < -0.4 is 0 Å². The molecule has 0 amide bonds. The molecule has 0 saturated heterocycles. The molecule has 1 aromatic rings. The Balaban J connectivity index is 2.91. The monoisotopic (exact) mass is 264 g/mol. The summed E-state index contributed by atoms with van der Waals surface area (Å²) in [4.78, 5) is 11.0. The van der Waals surface area contributed by atoms with E-state index < -0.39 is 18.2 Å². The van der Waals surface area contributed by atoms with E-state index >= 15 is 0 Å². The minimum absolute atomic E-state index is 0.232. The number of aliphatic hydroxyl groups excluding tert-OH is 2. The fourth-order valence-electron chi connectivity index (χ4n) is 1.13. The number of methoxy groups -OCH3 is 1. The number of aliphatic hydroxyl groups is 2. The molecule has 88 valence electrons. The molecule has 1 rings (SSSR count). The number of rotatable bonds is 3. The minimum Gasteiger partial charge on any atom is -0.467 e. The van der Waals surface area contributed by atoms with Crippen molar-refractivity contribution in [3.63, 3.8) is 0 Å². The van der Waals surface area contributed by atoms with Crippen LogP contribution in [0.1, 0.15) is 11.7 Å². The summed E-state index contributed by atoms with van der Waals surface area (Å²) in [5, 5.41) is 19.6. The largest absolute Gasteiger partial charge is 0.467 e. The number of ether oxygens (including phenoxy) is 1. The summed E-state index contributed by atoms with van der Waals surface area (Å²) < 4.78 is 4.30. The number of benzene rings is 1. The van der Waals surface area contributed by atoms with Gasteiger partial charge in [-0.3, -0.25) is 0 Å². The third kappa shape index (κ3) is 2.86. The predicted octanol–water partition coefficient (Wildman–Crippen LogP) is 1.56. The van der Waals surface area contributed by atoms with E-state index in [1.165, 1.54) is 18.2 Å². The first-order chi connectivity index (χ1) is 7.47. The Labute approximate surface area is 102 Å². The Morgan fingerprint density at radius 1 is 1.31 bits per heavy atom. The highest BCUT2D eigenvalue weighted by Crippen LogP contribution is 2.27. The van der Waals surface area contributed by atoms with Crippen LogP contribution in [-0.4, -0.2) is 29.4 Å². The zero-order valence-electron chi connectivity index (χ0n) is 8.35. The molecule has 2 unspecified atom stereocenters. The molecule has 6 heteroatoms. The van der Waals surface area contributed by atoms with Crippen molar-refractivity contribution >= 4 is 29.2 Å². The first-order valence-corrected chi connectivity index (χ1v) is 5.12. The van der Waals surface area contributed by atoms with E-state index in [4.69, 9.17) is 23.2 Å². The van der Waals surface area contributed by atoms with Gasteiger partial charge in [0, 0.05) is 0 Å². The molecule has 0 bridgehead atoms. The first kappa shape index (κ1) is 13.3. The zero-order valence-corrected chi connectivity index (χ0v) is 9.87. The van der Waals surface area contributed by atoms with Crippen molar-refractivity contribution in [3.05, 3.63) is 33.8 Å². The molecule has 0 aliphatic carbocycles. The molecule has 2 atom stereocenters. The second-order valence-corrected chi connectivity index (χ2v) is 3.90. The van der Waals surface area contributed by atoms with Crippen molar-refractivity contribution in [1.82, 2.24) is 0 Å². The molecule has 1 aromatic carbocycles. The van der Waals surface area contributed by atoms with Gasteiger partial charge in [0.2, 0.25) is 0 Å². The quantitative estimate of drug-likeness (QED) is 0.814. The number of hydrogen-bond donors (Lipinski definition) is 2. The maximum absolute atomic E-state index is 11.0. The van der Waals surface area contributed by atoms with E-state index in [2.05, 4.69) is 4.74 Å². The first-order valence-electron chi connectivity index (χ1n) is 4.36. The molecule has 2 N–H and O–H groups in total. The smallest absolute Gasteiger partial charge is 0.337 e. The molecule has 0 heterocycles. The van der Waals surface area contributed by atoms with E-state index in [1.807, 2.05) is 0 Å². The number of hydrogen-bond acceptors (Lipinski definition) is 4. The van der Waals surface area contributed by atoms with Crippen LogP contribution >= 0.6 is 23.2 Å². The van der Waals surface area contributed by atoms with Crippen molar-refractivity contribution in [1.29, 1.82) is 0 Å². The van der Waals surface area contributed by atoms with E-state index in [-0.39, 0.29) is 10.6 Å². The second-order valence-electron chi connectivity index (χ2n) is 3.09. The Morgan fingerprint density at radius 3 is 2.44 bits per heavy atom.